The van der Waals surface area contributed by atoms with E-state index in [0.29, 0.717) is 11.8 Å². The van der Waals surface area contributed by atoms with Crippen molar-refractivity contribution in [2.45, 2.75) is 52.9 Å². The van der Waals surface area contributed by atoms with E-state index in [2.05, 4.69) is 45.8 Å². The Morgan fingerprint density at radius 3 is 2.15 bits per heavy atom. The lowest BCUT2D eigenvalue weighted by atomic mass is 9.93. The molecule has 1 nitrogen and oxygen atoms in total. The maximum atomic E-state index is 3.41. The lowest BCUT2D eigenvalue weighted by molar-refractivity contribution is 0.768. The summed E-state index contributed by atoms with van der Waals surface area (Å²) in [6.07, 6.45) is 3.31. The first-order chi connectivity index (χ1) is 6.07. The zero-order chi connectivity index (χ0) is 10.0. The smallest absolute Gasteiger partial charge is 0.0211 e. The normalized spacial score (nSPS) is 11.6. The van der Waals surface area contributed by atoms with Crippen molar-refractivity contribution < 1.29 is 0 Å². The Morgan fingerprint density at radius 2 is 1.77 bits per heavy atom. The molecule has 0 saturated carbocycles. The number of aromatic amines is 1. The van der Waals surface area contributed by atoms with Crippen LogP contribution in [0.25, 0.3) is 0 Å². The molecule has 1 heteroatoms. The minimum Gasteiger partial charge on any atom is -0.364 e. The highest BCUT2D eigenvalue weighted by atomic mass is 14.7. The second-order valence-electron chi connectivity index (χ2n) is 4.30. The highest BCUT2D eigenvalue weighted by molar-refractivity contribution is 5.35. The number of rotatable bonds is 3. The molecule has 1 aromatic rings. The molecule has 1 aromatic heterocycles. The van der Waals surface area contributed by atoms with Gasteiger partial charge in [0.1, 0.15) is 0 Å². The maximum Gasteiger partial charge on any atom is 0.0211 e. The molecule has 0 aliphatic carbocycles. The molecule has 0 spiro atoms. The Bertz CT molecular complexity index is 269. The molecule has 0 fully saturated rings. The van der Waals surface area contributed by atoms with Gasteiger partial charge in [-0.1, -0.05) is 34.6 Å². The Kier molecular flexibility index (Phi) is 3.18. The predicted molar refractivity (Wildman–Crippen MR) is 58.3 cm³/mol. The third-order valence-corrected chi connectivity index (χ3v) is 2.57. The van der Waals surface area contributed by atoms with Crippen LogP contribution in [0.15, 0.2) is 6.20 Å². The summed E-state index contributed by atoms with van der Waals surface area (Å²) in [7, 11) is 0. The Labute approximate surface area is 81.6 Å². The van der Waals surface area contributed by atoms with E-state index in [4.69, 9.17) is 0 Å². The molecule has 1 heterocycles. The molecule has 0 unspecified atom stereocenters. The van der Waals surface area contributed by atoms with Crippen molar-refractivity contribution in [2.75, 3.05) is 0 Å². The lowest BCUT2D eigenvalue weighted by Crippen LogP contribution is -1.98. The van der Waals surface area contributed by atoms with E-state index in [1.807, 2.05) is 0 Å². The van der Waals surface area contributed by atoms with Gasteiger partial charge in [-0.2, -0.15) is 0 Å². The van der Waals surface area contributed by atoms with Crippen molar-refractivity contribution >= 4 is 0 Å². The standard InChI is InChI=1S/C12H21N/c1-6-10-7-13-12(9(4)5)11(10)8(2)3/h7-9,13H,6H2,1-5H3. The first-order valence-electron chi connectivity index (χ1n) is 5.27. The average Bonchev–Trinajstić information content (AvgIpc) is 2.46. The second kappa shape index (κ2) is 3.99. The van der Waals surface area contributed by atoms with E-state index < -0.39 is 0 Å². The molecule has 0 aliphatic rings. The van der Waals surface area contributed by atoms with Gasteiger partial charge in [-0.25, -0.2) is 0 Å². The van der Waals surface area contributed by atoms with Crippen molar-refractivity contribution in [2.24, 2.45) is 0 Å². The number of hydrogen-bond donors (Lipinski definition) is 1. The fourth-order valence-electron chi connectivity index (χ4n) is 1.95. The molecule has 0 atom stereocenters. The topological polar surface area (TPSA) is 15.8 Å². The summed E-state index contributed by atoms with van der Waals surface area (Å²) in [6.45, 7) is 11.3. The van der Waals surface area contributed by atoms with Crippen LogP contribution in [0, 0.1) is 0 Å². The number of hydrogen-bond acceptors (Lipinski definition) is 0. The lowest BCUT2D eigenvalue weighted by Gasteiger charge is -2.12. The Hall–Kier alpha value is -0.720. The molecule has 0 aliphatic heterocycles. The van der Waals surface area contributed by atoms with E-state index >= 15 is 0 Å². The molecule has 0 amide bonds. The quantitative estimate of drug-likeness (QED) is 0.726. The van der Waals surface area contributed by atoms with Crippen molar-refractivity contribution in [1.29, 1.82) is 0 Å². The fraction of sp³-hybridized carbons (Fsp3) is 0.667. The van der Waals surface area contributed by atoms with Gasteiger partial charge in [0.15, 0.2) is 0 Å². The van der Waals surface area contributed by atoms with Gasteiger partial charge in [0.2, 0.25) is 0 Å². The van der Waals surface area contributed by atoms with Gasteiger partial charge in [-0.05, 0) is 29.4 Å². The molecule has 1 rings (SSSR count). The molecule has 74 valence electrons. The first kappa shape index (κ1) is 10.4. The number of aryl methyl sites for hydroxylation is 1. The van der Waals surface area contributed by atoms with E-state index in [0.717, 1.165) is 6.42 Å². The molecule has 0 saturated heterocycles. The summed E-state index contributed by atoms with van der Waals surface area (Å²) in [6, 6.07) is 0. The summed E-state index contributed by atoms with van der Waals surface area (Å²) in [4.78, 5) is 3.41. The van der Waals surface area contributed by atoms with Crippen molar-refractivity contribution in [3.8, 4) is 0 Å². The van der Waals surface area contributed by atoms with Gasteiger partial charge in [-0.15, -0.1) is 0 Å². The van der Waals surface area contributed by atoms with Crippen LogP contribution in [-0.2, 0) is 6.42 Å². The van der Waals surface area contributed by atoms with Crippen molar-refractivity contribution in [3.63, 3.8) is 0 Å². The van der Waals surface area contributed by atoms with Crippen LogP contribution in [0.2, 0.25) is 0 Å². The van der Waals surface area contributed by atoms with Crippen LogP contribution in [0.4, 0.5) is 0 Å². The third kappa shape index (κ3) is 1.96. The largest absolute Gasteiger partial charge is 0.364 e. The first-order valence-corrected chi connectivity index (χ1v) is 5.27. The summed E-state index contributed by atoms with van der Waals surface area (Å²) in [5.74, 6) is 1.25. The molecule has 0 aromatic carbocycles. The average molecular weight is 179 g/mol. The van der Waals surface area contributed by atoms with Gasteiger partial charge in [-0.3, -0.25) is 0 Å². The van der Waals surface area contributed by atoms with Crippen LogP contribution in [-0.4, -0.2) is 4.98 Å². The van der Waals surface area contributed by atoms with Crippen LogP contribution in [0.1, 0.15) is 63.3 Å². The van der Waals surface area contributed by atoms with Gasteiger partial charge in [0, 0.05) is 11.9 Å². The summed E-state index contributed by atoms with van der Waals surface area (Å²) >= 11 is 0. The van der Waals surface area contributed by atoms with Gasteiger partial charge in [0.25, 0.3) is 0 Å². The van der Waals surface area contributed by atoms with E-state index in [9.17, 15) is 0 Å². The summed E-state index contributed by atoms with van der Waals surface area (Å²) in [5.41, 5.74) is 4.45. The van der Waals surface area contributed by atoms with E-state index in [1.165, 1.54) is 16.8 Å². The number of H-pyrrole nitrogens is 1. The maximum absolute atomic E-state index is 3.41. The zero-order valence-corrected chi connectivity index (χ0v) is 9.44. The minimum absolute atomic E-state index is 0.609. The minimum atomic E-state index is 0.609. The molecule has 0 bridgehead atoms. The van der Waals surface area contributed by atoms with Crippen LogP contribution < -0.4 is 0 Å². The fourth-order valence-corrected chi connectivity index (χ4v) is 1.95. The van der Waals surface area contributed by atoms with Crippen LogP contribution in [0.3, 0.4) is 0 Å². The third-order valence-electron chi connectivity index (χ3n) is 2.57. The SMILES string of the molecule is CCc1c[nH]c(C(C)C)c1C(C)C. The van der Waals surface area contributed by atoms with Crippen LogP contribution in [0.5, 0.6) is 0 Å². The van der Waals surface area contributed by atoms with Gasteiger partial charge >= 0.3 is 0 Å². The highest BCUT2D eigenvalue weighted by Crippen LogP contribution is 2.28. The molecule has 13 heavy (non-hydrogen) atoms. The number of nitrogens with one attached hydrogen (secondary N) is 1. The zero-order valence-electron chi connectivity index (χ0n) is 9.44. The molecule has 0 radical (unpaired) electrons. The van der Waals surface area contributed by atoms with Gasteiger partial charge < -0.3 is 4.98 Å². The highest BCUT2D eigenvalue weighted by Gasteiger charge is 2.14. The second-order valence-corrected chi connectivity index (χ2v) is 4.30. The molecular weight excluding hydrogens is 158 g/mol. The Morgan fingerprint density at radius 1 is 1.15 bits per heavy atom. The number of aromatic nitrogens is 1. The summed E-state index contributed by atoms with van der Waals surface area (Å²) < 4.78 is 0. The van der Waals surface area contributed by atoms with E-state index in [1.54, 1.807) is 0 Å². The Balaban J connectivity index is 3.14. The van der Waals surface area contributed by atoms with Crippen molar-refractivity contribution in [1.82, 2.24) is 4.98 Å². The molecular formula is C12H21N. The van der Waals surface area contributed by atoms with Crippen molar-refractivity contribution in [3.05, 3.63) is 23.0 Å². The van der Waals surface area contributed by atoms with Gasteiger partial charge in [0.05, 0.1) is 0 Å². The molecule has 1 N–H and O–H groups in total. The predicted octanol–water partition coefficient (Wildman–Crippen LogP) is 3.82. The van der Waals surface area contributed by atoms with E-state index in [-0.39, 0.29) is 0 Å². The summed E-state index contributed by atoms with van der Waals surface area (Å²) in [5, 5.41) is 0. The monoisotopic (exact) mass is 179 g/mol. The van der Waals surface area contributed by atoms with Crippen LogP contribution >= 0.6 is 0 Å².